The van der Waals surface area contributed by atoms with Crippen molar-refractivity contribution in [2.45, 2.75) is 20.0 Å². The third-order valence-electron chi connectivity index (χ3n) is 4.62. The SMILES string of the molecule is CCC(=C1c2ccccc2OCc2c1oc1ccccc21)N(C)C. The van der Waals surface area contributed by atoms with Gasteiger partial charge in [-0.15, -0.1) is 0 Å². The molecule has 2 aromatic carbocycles. The molecule has 2 heterocycles. The molecule has 3 aromatic rings. The van der Waals surface area contributed by atoms with Crippen LogP contribution in [0.3, 0.4) is 0 Å². The smallest absolute Gasteiger partial charge is 0.144 e. The second kappa shape index (κ2) is 5.75. The number of fused-ring (bicyclic) bond motifs is 4. The van der Waals surface area contributed by atoms with Crippen molar-refractivity contribution in [1.29, 1.82) is 0 Å². The topological polar surface area (TPSA) is 25.6 Å². The molecule has 0 fully saturated rings. The van der Waals surface area contributed by atoms with Crippen molar-refractivity contribution < 1.29 is 9.15 Å². The van der Waals surface area contributed by atoms with Crippen LogP contribution in [0.1, 0.15) is 30.2 Å². The molecule has 0 unspecified atom stereocenters. The van der Waals surface area contributed by atoms with Crippen molar-refractivity contribution in [3.63, 3.8) is 0 Å². The van der Waals surface area contributed by atoms with E-state index in [0.29, 0.717) is 6.61 Å². The van der Waals surface area contributed by atoms with Crippen molar-refractivity contribution in [3.8, 4) is 5.75 Å². The highest BCUT2D eigenvalue weighted by atomic mass is 16.5. The largest absolute Gasteiger partial charge is 0.488 e. The summed E-state index contributed by atoms with van der Waals surface area (Å²) in [5.41, 5.74) is 5.53. The zero-order chi connectivity index (χ0) is 16.7. The number of hydrogen-bond donors (Lipinski definition) is 0. The molecule has 1 aliphatic heterocycles. The highest BCUT2D eigenvalue weighted by Crippen LogP contribution is 2.43. The predicted octanol–water partition coefficient (Wildman–Crippen LogP) is 5.06. The van der Waals surface area contributed by atoms with E-state index in [0.717, 1.165) is 45.6 Å². The molecule has 122 valence electrons. The molecule has 24 heavy (non-hydrogen) atoms. The first-order chi connectivity index (χ1) is 11.7. The number of hydrogen-bond acceptors (Lipinski definition) is 3. The molecule has 0 saturated carbocycles. The lowest BCUT2D eigenvalue weighted by Crippen LogP contribution is -2.13. The minimum absolute atomic E-state index is 0.525. The van der Waals surface area contributed by atoms with Gasteiger partial charge in [-0.25, -0.2) is 0 Å². The quantitative estimate of drug-likeness (QED) is 0.660. The fourth-order valence-corrected chi connectivity index (χ4v) is 3.52. The molecule has 3 heteroatoms. The zero-order valence-electron chi connectivity index (χ0n) is 14.3. The lowest BCUT2D eigenvalue weighted by Gasteiger charge is -2.21. The van der Waals surface area contributed by atoms with Crippen molar-refractivity contribution in [2.75, 3.05) is 14.1 Å². The Labute approximate surface area is 142 Å². The Kier molecular flexibility index (Phi) is 3.57. The van der Waals surface area contributed by atoms with Crippen LogP contribution < -0.4 is 4.74 Å². The van der Waals surface area contributed by atoms with Crippen molar-refractivity contribution in [1.82, 2.24) is 4.90 Å². The molecule has 0 N–H and O–H groups in total. The minimum Gasteiger partial charge on any atom is -0.488 e. The Hall–Kier alpha value is -2.68. The van der Waals surface area contributed by atoms with Crippen molar-refractivity contribution in [2.24, 2.45) is 0 Å². The van der Waals surface area contributed by atoms with E-state index in [9.17, 15) is 0 Å². The number of furan rings is 1. The lowest BCUT2D eigenvalue weighted by atomic mass is 9.96. The fourth-order valence-electron chi connectivity index (χ4n) is 3.52. The van der Waals surface area contributed by atoms with Gasteiger partial charge in [-0.05, 0) is 18.6 Å². The molecule has 1 aliphatic rings. The fraction of sp³-hybridized carbons (Fsp3) is 0.238. The molecule has 1 aromatic heterocycles. The van der Waals surface area contributed by atoms with Gasteiger partial charge in [-0.2, -0.15) is 0 Å². The Morgan fingerprint density at radius 1 is 1.04 bits per heavy atom. The van der Waals surface area contributed by atoms with Crippen LogP contribution in [0.4, 0.5) is 0 Å². The van der Waals surface area contributed by atoms with E-state index in [-0.39, 0.29) is 0 Å². The van der Waals surface area contributed by atoms with Crippen LogP contribution in [0, 0.1) is 0 Å². The number of benzene rings is 2. The summed E-state index contributed by atoms with van der Waals surface area (Å²) >= 11 is 0. The third kappa shape index (κ3) is 2.20. The van der Waals surface area contributed by atoms with Gasteiger partial charge in [0.1, 0.15) is 23.7 Å². The summed E-state index contributed by atoms with van der Waals surface area (Å²) in [5.74, 6) is 1.85. The molecule has 4 rings (SSSR count). The predicted molar refractivity (Wildman–Crippen MR) is 97.0 cm³/mol. The number of allylic oxidation sites excluding steroid dienone is 1. The first-order valence-corrected chi connectivity index (χ1v) is 8.34. The van der Waals surface area contributed by atoms with Gasteiger partial charge in [0.2, 0.25) is 0 Å². The van der Waals surface area contributed by atoms with Crippen LogP contribution >= 0.6 is 0 Å². The van der Waals surface area contributed by atoms with E-state index >= 15 is 0 Å². The molecule has 0 aliphatic carbocycles. The first kappa shape index (κ1) is 14.9. The van der Waals surface area contributed by atoms with Gasteiger partial charge < -0.3 is 14.1 Å². The monoisotopic (exact) mass is 319 g/mol. The lowest BCUT2D eigenvalue weighted by molar-refractivity contribution is 0.307. The summed E-state index contributed by atoms with van der Waals surface area (Å²) in [6, 6.07) is 16.4. The maximum atomic E-state index is 6.31. The molecule has 0 spiro atoms. The molecular formula is C21H21NO2. The highest BCUT2D eigenvalue weighted by molar-refractivity contribution is 5.92. The number of ether oxygens (including phenoxy) is 1. The van der Waals surface area contributed by atoms with Crippen LogP contribution in [-0.4, -0.2) is 19.0 Å². The molecule has 0 atom stereocenters. The van der Waals surface area contributed by atoms with Crippen LogP contribution in [0.25, 0.3) is 16.5 Å². The maximum absolute atomic E-state index is 6.31. The normalized spacial score (nSPS) is 15.3. The standard InChI is InChI=1S/C21H21NO2/c1-4-17(22(2)3)20-15-10-6-7-11-18(15)23-13-16-14-9-5-8-12-19(14)24-21(16)20/h5-12H,4,13H2,1-3H3. The van der Waals surface area contributed by atoms with Crippen LogP contribution in [-0.2, 0) is 6.61 Å². The number of nitrogens with zero attached hydrogens (tertiary/aromatic N) is 1. The molecule has 0 amide bonds. The Morgan fingerprint density at radius 2 is 1.79 bits per heavy atom. The Balaban J connectivity index is 2.10. The molecule has 0 radical (unpaired) electrons. The number of rotatable bonds is 2. The average Bonchev–Trinajstić information content (AvgIpc) is 2.88. The van der Waals surface area contributed by atoms with Gasteiger partial charge >= 0.3 is 0 Å². The van der Waals surface area contributed by atoms with E-state index in [1.165, 1.54) is 5.70 Å². The van der Waals surface area contributed by atoms with E-state index in [4.69, 9.17) is 9.15 Å². The summed E-state index contributed by atoms with van der Waals surface area (Å²) in [6.45, 7) is 2.70. The second-order valence-electron chi connectivity index (χ2n) is 6.26. The average molecular weight is 319 g/mol. The highest BCUT2D eigenvalue weighted by Gasteiger charge is 2.27. The van der Waals surface area contributed by atoms with Gasteiger partial charge in [0.25, 0.3) is 0 Å². The van der Waals surface area contributed by atoms with Crippen LogP contribution in [0.2, 0.25) is 0 Å². The second-order valence-corrected chi connectivity index (χ2v) is 6.26. The first-order valence-electron chi connectivity index (χ1n) is 8.34. The van der Waals surface area contributed by atoms with Gasteiger partial charge in [0, 0.05) is 41.9 Å². The van der Waals surface area contributed by atoms with E-state index in [1.54, 1.807) is 0 Å². The summed E-state index contributed by atoms with van der Waals surface area (Å²) in [7, 11) is 4.17. The van der Waals surface area contributed by atoms with E-state index in [2.05, 4.69) is 44.1 Å². The van der Waals surface area contributed by atoms with Gasteiger partial charge in [0.05, 0.1) is 0 Å². The zero-order valence-corrected chi connectivity index (χ0v) is 14.3. The summed E-state index contributed by atoms with van der Waals surface area (Å²) in [5, 5.41) is 1.13. The molecular weight excluding hydrogens is 298 g/mol. The summed E-state index contributed by atoms with van der Waals surface area (Å²) in [6.07, 6.45) is 0.924. The van der Waals surface area contributed by atoms with Gasteiger partial charge in [-0.3, -0.25) is 0 Å². The number of para-hydroxylation sites is 2. The van der Waals surface area contributed by atoms with Gasteiger partial charge in [-0.1, -0.05) is 43.3 Å². The maximum Gasteiger partial charge on any atom is 0.144 e. The van der Waals surface area contributed by atoms with Crippen molar-refractivity contribution >= 4 is 16.5 Å². The Bertz CT molecular complexity index is 934. The van der Waals surface area contributed by atoms with Gasteiger partial charge in [0.15, 0.2) is 0 Å². The Morgan fingerprint density at radius 3 is 2.58 bits per heavy atom. The molecule has 0 bridgehead atoms. The van der Waals surface area contributed by atoms with Crippen LogP contribution in [0.5, 0.6) is 5.75 Å². The summed E-state index contributed by atoms with van der Waals surface area (Å²) < 4.78 is 12.4. The van der Waals surface area contributed by atoms with E-state index < -0.39 is 0 Å². The molecule has 0 saturated heterocycles. The molecule has 3 nitrogen and oxygen atoms in total. The minimum atomic E-state index is 0.525. The van der Waals surface area contributed by atoms with Crippen molar-refractivity contribution in [3.05, 3.63) is 71.1 Å². The third-order valence-corrected chi connectivity index (χ3v) is 4.62. The van der Waals surface area contributed by atoms with E-state index in [1.807, 2.05) is 30.3 Å². The van der Waals surface area contributed by atoms with Crippen LogP contribution in [0.15, 0.2) is 58.6 Å². The summed E-state index contributed by atoms with van der Waals surface area (Å²) in [4.78, 5) is 2.17.